The van der Waals surface area contributed by atoms with Crippen LogP contribution < -0.4 is 0 Å². The number of hydrogen-bond acceptors (Lipinski definition) is 5. The van der Waals surface area contributed by atoms with Crippen LogP contribution in [0.2, 0.25) is 0 Å². The molecule has 2 rings (SSSR count). The van der Waals surface area contributed by atoms with Gasteiger partial charge in [0.2, 0.25) is 0 Å². The van der Waals surface area contributed by atoms with Gasteiger partial charge in [-0.2, -0.15) is 0 Å². The number of hydrogen-bond donors (Lipinski definition) is 4. The van der Waals surface area contributed by atoms with Gasteiger partial charge in [0.05, 0.1) is 12.2 Å². The maximum absolute atomic E-state index is 10.3. The van der Waals surface area contributed by atoms with E-state index in [9.17, 15) is 24.6 Å². The highest BCUT2D eigenvalue weighted by Crippen LogP contribution is 2.27. The van der Waals surface area contributed by atoms with E-state index in [0.717, 1.165) is 83.3 Å². The van der Waals surface area contributed by atoms with E-state index in [1.807, 2.05) is 36.5 Å². The summed E-state index contributed by atoms with van der Waals surface area (Å²) in [6, 6.07) is 0. The first-order chi connectivity index (χ1) is 24.3. The SMILES string of the molecule is CCCCCC(=O)O.O=C(O)CCC/C=C\CCCC/C=C\C=C\C(O)C1CCCCC1.O=CCCCC/C=C\C=C\C(O)C1CCCCC1. The molecule has 50 heavy (non-hydrogen) atoms. The third-order valence-corrected chi connectivity index (χ3v) is 9.23. The summed E-state index contributed by atoms with van der Waals surface area (Å²) in [5, 5.41) is 36.8. The lowest BCUT2D eigenvalue weighted by Crippen LogP contribution is -2.20. The standard InChI is InChI=1S/C21H34O3.C16H26O2.C6H12O2/c22-20(19-15-11-10-12-16-19)17-13-8-6-4-2-1-3-5-7-9-14-18-21(23)24;17-14-10-5-3-1-2-4-9-13-16(18)15-11-7-6-8-12-15;1-2-3-4-5-6(7)8/h5-8,13,17,19-20,22H,1-4,9-12,14-16,18H2,(H,23,24);2,4,9,13-16,18H,1,3,5-8,10-12H2;2-5H2,1H3,(H,7,8)/b7-5-,8-6-,17-13+;4-2-,13-9+;. The summed E-state index contributed by atoms with van der Waals surface area (Å²) in [7, 11) is 0. The van der Waals surface area contributed by atoms with Gasteiger partial charge in [-0.15, -0.1) is 0 Å². The van der Waals surface area contributed by atoms with Gasteiger partial charge in [-0.25, -0.2) is 0 Å². The number of carboxylic acid groups (broad SMARTS) is 2. The van der Waals surface area contributed by atoms with Crippen molar-refractivity contribution in [3.63, 3.8) is 0 Å². The molecular formula is C43H72O7. The molecule has 2 fully saturated rings. The van der Waals surface area contributed by atoms with E-state index in [1.165, 1.54) is 64.2 Å². The molecule has 7 heteroatoms. The molecule has 0 aliphatic heterocycles. The Balaban J connectivity index is 0.000000810. The van der Waals surface area contributed by atoms with Crippen molar-refractivity contribution >= 4 is 18.2 Å². The van der Waals surface area contributed by atoms with Crippen LogP contribution in [0.1, 0.15) is 167 Å². The van der Waals surface area contributed by atoms with E-state index in [0.29, 0.717) is 24.7 Å². The van der Waals surface area contributed by atoms with Crippen molar-refractivity contribution in [2.45, 2.75) is 180 Å². The smallest absolute Gasteiger partial charge is 0.303 e. The van der Waals surface area contributed by atoms with Crippen molar-refractivity contribution in [3.05, 3.63) is 60.8 Å². The molecule has 0 amide bonds. The first-order valence-corrected chi connectivity index (χ1v) is 19.9. The zero-order chi connectivity index (χ0) is 36.9. The highest BCUT2D eigenvalue weighted by atomic mass is 16.4. The normalized spacial score (nSPS) is 17.2. The average molecular weight is 701 g/mol. The molecule has 0 aromatic rings. The number of aliphatic hydroxyl groups is 2. The Morgan fingerprint density at radius 3 is 1.36 bits per heavy atom. The Morgan fingerprint density at radius 2 is 0.940 bits per heavy atom. The van der Waals surface area contributed by atoms with Gasteiger partial charge in [0.1, 0.15) is 6.29 Å². The van der Waals surface area contributed by atoms with Crippen LogP contribution in [-0.4, -0.2) is 50.9 Å². The number of carbonyl (C=O) groups excluding carboxylic acids is 1. The first kappa shape index (κ1) is 47.2. The molecule has 4 N–H and O–H groups in total. The molecule has 2 saturated carbocycles. The molecule has 0 bridgehead atoms. The Morgan fingerprint density at radius 1 is 0.540 bits per heavy atom. The summed E-state index contributed by atoms with van der Waals surface area (Å²) >= 11 is 0. The number of unbranched alkanes of at least 4 members (excludes halogenated alkanes) is 9. The monoisotopic (exact) mass is 701 g/mol. The number of allylic oxidation sites excluding steroid dienone is 8. The summed E-state index contributed by atoms with van der Waals surface area (Å²) in [6.45, 7) is 2.06. The largest absolute Gasteiger partial charge is 0.481 e. The van der Waals surface area contributed by atoms with E-state index >= 15 is 0 Å². The summed E-state index contributed by atoms with van der Waals surface area (Å²) in [6.07, 6.45) is 46.5. The van der Waals surface area contributed by atoms with Crippen molar-refractivity contribution in [2.24, 2.45) is 11.8 Å². The third-order valence-electron chi connectivity index (χ3n) is 9.23. The number of rotatable bonds is 24. The van der Waals surface area contributed by atoms with Gasteiger partial charge >= 0.3 is 11.9 Å². The van der Waals surface area contributed by atoms with Crippen LogP contribution in [0, 0.1) is 11.8 Å². The topological polar surface area (TPSA) is 132 Å². The van der Waals surface area contributed by atoms with Crippen molar-refractivity contribution in [1.82, 2.24) is 0 Å². The van der Waals surface area contributed by atoms with Crippen LogP contribution in [0.3, 0.4) is 0 Å². The molecule has 0 heterocycles. The molecule has 0 aromatic heterocycles. The summed E-state index contributed by atoms with van der Waals surface area (Å²) in [4.78, 5) is 30.3. The zero-order valence-electron chi connectivity index (χ0n) is 31.4. The maximum Gasteiger partial charge on any atom is 0.303 e. The van der Waals surface area contributed by atoms with E-state index in [2.05, 4.69) is 31.2 Å². The van der Waals surface area contributed by atoms with E-state index in [-0.39, 0.29) is 18.6 Å². The van der Waals surface area contributed by atoms with Gasteiger partial charge in [0.15, 0.2) is 0 Å². The van der Waals surface area contributed by atoms with Crippen molar-refractivity contribution < 1.29 is 34.8 Å². The van der Waals surface area contributed by atoms with Crippen LogP contribution in [0.15, 0.2) is 60.8 Å². The summed E-state index contributed by atoms with van der Waals surface area (Å²) < 4.78 is 0. The second kappa shape index (κ2) is 36.0. The highest BCUT2D eigenvalue weighted by Gasteiger charge is 2.19. The van der Waals surface area contributed by atoms with Gasteiger partial charge in [0, 0.05) is 19.3 Å². The molecule has 0 radical (unpaired) electrons. The summed E-state index contributed by atoms with van der Waals surface area (Å²) in [5.41, 5.74) is 0. The predicted molar refractivity (Wildman–Crippen MR) is 207 cm³/mol. The quantitative estimate of drug-likeness (QED) is 0.0341. The third kappa shape index (κ3) is 32.4. The first-order valence-electron chi connectivity index (χ1n) is 19.9. The minimum Gasteiger partial charge on any atom is -0.481 e. The van der Waals surface area contributed by atoms with E-state index in [4.69, 9.17) is 10.2 Å². The van der Waals surface area contributed by atoms with Gasteiger partial charge in [0.25, 0.3) is 0 Å². The van der Waals surface area contributed by atoms with Crippen molar-refractivity contribution in [2.75, 3.05) is 0 Å². The Labute approximate surface area is 304 Å². The highest BCUT2D eigenvalue weighted by molar-refractivity contribution is 5.66. The fourth-order valence-electron chi connectivity index (χ4n) is 6.12. The second-order valence-corrected chi connectivity index (χ2v) is 13.7. The van der Waals surface area contributed by atoms with Crippen molar-refractivity contribution in [3.8, 4) is 0 Å². The molecule has 2 aliphatic carbocycles. The van der Waals surface area contributed by atoms with Gasteiger partial charge < -0.3 is 25.2 Å². The minimum atomic E-state index is -0.713. The Bertz CT molecular complexity index is 952. The molecule has 286 valence electrons. The summed E-state index contributed by atoms with van der Waals surface area (Å²) in [5.74, 6) is -0.462. The molecule has 2 aliphatic rings. The van der Waals surface area contributed by atoms with Gasteiger partial charge in [-0.3, -0.25) is 9.59 Å². The van der Waals surface area contributed by atoms with Gasteiger partial charge in [-0.1, -0.05) is 119 Å². The number of aliphatic hydroxyl groups excluding tert-OH is 2. The molecular weight excluding hydrogens is 628 g/mol. The van der Waals surface area contributed by atoms with E-state index in [1.54, 1.807) is 0 Å². The van der Waals surface area contributed by atoms with Crippen LogP contribution in [-0.2, 0) is 14.4 Å². The molecule has 2 unspecified atom stereocenters. The van der Waals surface area contributed by atoms with Gasteiger partial charge in [-0.05, 0) is 102 Å². The number of aliphatic carboxylic acids is 2. The molecule has 2 atom stereocenters. The zero-order valence-corrected chi connectivity index (χ0v) is 31.4. The molecule has 0 saturated heterocycles. The average Bonchev–Trinajstić information content (AvgIpc) is 3.12. The lowest BCUT2D eigenvalue weighted by molar-refractivity contribution is -0.138. The van der Waals surface area contributed by atoms with Crippen LogP contribution in [0.25, 0.3) is 0 Å². The van der Waals surface area contributed by atoms with Crippen LogP contribution in [0.5, 0.6) is 0 Å². The van der Waals surface area contributed by atoms with Crippen LogP contribution in [0.4, 0.5) is 0 Å². The molecule has 0 spiro atoms. The predicted octanol–water partition coefficient (Wildman–Crippen LogP) is 10.9. The number of aldehydes is 1. The molecule has 0 aromatic carbocycles. The fraction of sp³-hybridized carbons (Fsp3) is 0.698. The Kier molecular flexibility index (Phi) is 34.0. The number of carbonyl (C=O) groups is 3. The van der Waals surface area contributed by atoms with Crippen molar-refractivity contribution in [1.29, 1.82) is 0 Å². The maximum atomic E-state index is 10.3. The second-order valence-electron chi connectivity index (χ2n) is 13.7. The molecule has 7 nitrogen and oxygen atoms in total. The van der Waals surface area contributed by atoms with E-state index < -0.39 is 11.9 Å². The lowest BCUT2D eigenvalue weighted by Gasteiger charge is -2.24. The fourth-order valence-corrected chi connectivity index (χ4v) is 6.12. The minimum absolute atomic E-state index is 0.262. The van der Waals surface area contributed by atoms with Crippen LogP contribution >= 0.6 is 0 Å². The lowest BCUT2D eigenvalue weighted by atomic mass is 9.85. The number of carboxylic acids is 2. The Hall–Kier alpha value is -2.77.